The van der Waals surface area contributed by atoms with Crippen molar-refractivity contribution in [3.05, 3.63) is 59.7 Å². The smallest absolute Gasteiger partial charge is 0.407 e. The summed E-state index contributed by atoms with van der Waals surface area (Å²) in [6.45, 7) is 2.43. The van der Waals surface area contributed by atoms with Crippen LogP contribution in [0.25, 0.3) is 11.1 Å². The van der Waals surface area contributed by atoms with E-state index in [1.165, 1.54) is 4.90 Å². The minimum Gasteiger partial charge on any atom is -0.481 e. The van der Waals surface area contributed by atoms with E-state index in [0.29, 0.717) is 25.8 Å². The molecule has 7 nitrogen and oxygen atoms in total. The Kier molecular flexibility index (Phi) is 7.87. The van der Waals surface area contributed by atoms with Crippen molar-refractivity contribution < 1.29 is 24.2 Å². The molecule has 0 aliphatic heterocycles. The summed E-state index contributed by atoms with van der Waals surface area (Å²) in [5.74, 6) is -1.19. The van der Waals surface area contributed by atoms with E-state index in [2.05, 4.69) is 29.6 Å². The number of hydrogen-bond acceptors (Lipinski definition) is 4. The molecule has 3 rings (SSSR count). The van der Waals surface area contributed by atoms with Crippen molar-refractivity contribution in [2.45, 2.75) is 44.6 Å². The molecular formula is C25H30N2O5. The van der Waals surface area contributed by atoms with Crippen molar-refractivity contribution in [2.24, 2.45) is 0 Å². The topological polar surface area (TPSA) is 95.9 Å². The number of aliphatic carboxylic acids is 1. The number of likely N-dealkylation sites (N-methyl/N-ethyl adjacent to an activating group) is 1. The number of alkyl carbamates (subject to hydrolysis) is 1. The third-order valence-corrected chi connectivity index (χ3v) is 5.77. The predicted octanol–water partition coefficient (Wildman–Crippen LogP) is 4.02. The molecule has 1 aliphatic rings. The largest absolute Gasteiger partial charge is 0.481 e. The monoisotopic (exact) mass is 438 g/mol. The number of rotatable bonds is 10. The maximum Gasteiger partial charge on any atom is 0.407 e. The van der Waals surface area contributed by atoms with Crippen LogP contribution in [-0.4, -0.2) is 54.2 Å². The van der Waals surface area contributed by atoms with Gasteiger partial charge in [0, 0.05) is 25.9 Å². The Morgan fingerprint density at radius 1 is 1.06 bits per heavy atom. The molecule has 7 heteroatoms. The molecule has 2 N–H and O–H groups in total. The van der Waals surface area contributed by atoms with Gasteiger partial charge in [-0.25, -0.2) is 4.79 Å². The highest BCUT2D eigenvalue weighted by molar-refractivity contribution is 5.85. The maximum absolute atomic E-state index is 12.7. The zero-order chi connectivity index (χ0) is 23.1. The summed E-state index contributed by atoms with van der Waals surface area (Å²) in [7, 11) is 1.62. The second-order valence-electron chi connectivity index (χ2n) is 8.07. The third-order valence-electron chi connectivity index (χ3n) is 5.77. The lowest BCUT2D eigenvalue weighted by Crippen LogP contribution is -2.47. The van der Waals surface area contributed by atoms with Gasteiger partial charge in [-0.15, -0.1) is 0 Å². The second kappa shape index (κ2) is 10.8. The van der Waals surface area contributed by atoms with Crippen LogP contribution in [0.5, 0.6) is 0 Å². The number of carboxylic acid groups (broad SMARTS) is 1. The van der Waals surface area contributed by atoms with E-state index in [1.807, 2.05) is 31.2 Å². The molecule has 2 amide bonds. The molecular weight excluding hydrogens is 408 g/mol. The van der Waals surface area contributed by atoms with Crippen LogP contribution < -0.4 is 5.32 Å². The van der Waals surface area contributed by atoms with Crippen LogP contribution in [0.3, 0.4) is 0 Å². The summed E-state index contributed by atoms with van der Waals surface area (Å²) in [5.41, 5.74) is 4.56. The molecule has 1 unspecified atom stereocenters. The molecule has 0 heterocycles. The Balaban J connectivity index is 1.60. The molecule has 0 bridgehead atoms. The summed E-state index contributed by atoms with van der Waals surface area (Å²) in [6, 6.07) is 15.5. The first-order valence-electron chi connectivity index (χ1n) is 11.0. The van der Waals surface area contributed by atoms with E-state index in [4.69, 9.17) is 9.84 Å². The Hall–Kier alpha value is -3.35. The molecule has 0 spiro atoms. The van der Waals surface area contributed by atoms with Gasteiger partial charge in [-0.3, -0.25) is 9.59 Å². The number of carbonyl (C=O) groups is 3. The molecule has 2 aromatic rings. The van der Waals surface area contributed by atoms with Gasteiger partial charge in [0.2, 0.25) is 5.91 Å². The van der Waals surface area contributed by atoms with Crippen molar-refractivity contribution >= 4 is 18.0 Å². The van der Waals surface area contributed by atoms with E-state index in [1.54, 1.807) is 7.05 Å². The van der Waals surface area contributed by atoms with Gasteiger partial charge in [0.25, 0.3) is 0 Å². The highest BCUT2D eigenvalue weighted by Gasteiger charge is 2.30. The van der Waals surface area contributed by atoms with E-state index in [9.17, 15) is 14.4 Å². The van der Waals surface area contributed by atoms with Gasteiger partial charge in [-0.1, -0.05) is 61.9 Å². The number of benzene rings is 2. The summed E-state index contributed by atoms with van der Waals surface area (Å²) in [5, 5.41) is 11.5. The first-order valence-corrected chi connectivity index (χ1v) is 11.0. The fourth-order valence-corrected chi connectivity index (χ4v) is 4.17. The fraction of sp³-hybridized carbons (Fsp3) is 0.400. The van der Waals surface area contributed by atoms with Gasteiger partial charge in [-0.05, 0) is 35.1 Å². The first-order chi connectivity index (χ1) is 15.4. The van der Waals surface area contributed by atoms with E-state index < -0.39 is 18.1 Å². The average molecular weight is 439 g/mol. The SMILES string of the molecule is CCCC(NC(=O)OCC1c2ccccc2-c2ccccc21)C(=O)N(C)CCCC(=O)O. The van der Waals surface area contributed by atoms with Crippen molar-refractivity contribution in [1.29, 1.82) is 0 Å². The van der Waals surface area contributed by atoms with Crippen molar-refractivity contribution in [1.82, 2.24) is 10.2 Å². The lowest BCUT2D eigenvalue weighted by Gasteiger charge is -2.24. The normalized spacial score (nSPS) is 13.1. The summed E-state index contributed by atoms with van der Waals surface area (Å²) >= 11 is 0. The van der Waals surface area contributed by atoms with Crippen LogP contribution in [0.2, 0.25) is 0 Å². The zero-order valence-electron chi connectivity index (χ0n) is 18.5. The highest BCUT2D eigenvalue weighted by Crippen LogP contribution is 2.44. The van der Waals surface area contributed by atoms with Crippen molar-refractivity contribution in [3.8, 4) is 11.1 Å². The number of hydrogen-bond donors (Lipinski definition) is 2. The van der Waals surface area contributed by atoms with Crippen LogP contribution in [-0.2, 0) is 14.3 Å². The molecule has 1 aliphatic carbocycles. The lowest BCUT2D eigenvalue weighted by atomic mass is 9.98. The molecule has 2 aromatic carbocycles. The Morgan fingerprint density at radius 2 is 1.66 bits per heavy atom. The Labute approximate surface area is 188 Å². The van der Waals surface area contributed by atoms with Gasteiger partial charge >= 0.3 is 12.1 Å². The molecule has 0 saturated carbocycles. The average Bonchev–Trinajstić information content (AvgIpc) is 3.10. The van der Waals surface area contributed by atoms with E-state index >= 15 is 0 Å². The lowest BCUT2D eigenvalue weighted by molar-refractivity contribution is -0.138. The van der Waals surface area contributed by atoms with Crippen LogP contribution in [0.15, 0.2) is 48.5 Å². The number of fused-ring (bicyclic) bond motifs is 3. The maximum atomic E-state index is 12.7. The number of nitrogens with zero attached hydrogens (tertiary/aromatic N) is 1. The van der Waals surface area contributed by atoms with E-state index in [-0.39, 0.29) is 24.9 Å². The first kappa shape index (κ1) is 23.3. The molecule has 0 aromatic heterocycles. The number of amides is 2. The Morgan fingerprint density at radius 3 is 2.22 bits per heavy atom. The molecule has 1 atom stereocenters. The van der Waals surface area contributed by atoms with Crippen LogP contribution in [0.1, 0.15) is 49.7 Å². The molecule has 32 heavy (non-hydrogen) atoms. The van der Waals surface area contributed by atoms with E-state index in [0.717, 1.165) is 22.3 Å². The van der Waals surface area contributed by atoms with Crippen molar-refractivity contribution in [3.63, 3.8) is 0 Å². The molecule has 170 valence electrons. The van der Waals surface area contributed by atoms with Gasteiger partial charge in [-0.2, -0.15) is 0 Å². The standard InChI is InChI=1S/C25H30N2O5/c1-3-9-22(24(30)27(2)15-8-14-23(28)29)26-25(31)32-16-21-19-12-6-4-10-17(19)18-11-5-7-13-20(18)21/h4-7,10-13,21-22H,3,8-9,14-16H2,1-2H3,(H,26,31)(H,28,29). The van der Waals surface area contributed by atoms with Crippen molar-refractivity contribution in [2.75, 3.05) is 20.2 Å². The third kappa shape index (κ3) is 5.46. The fourth-order valence-electron chi connectivity index (χ4n) is 4.17. The van der Waals surface area contributed by atoms with Gasteiger partial charge in [0.15, 0.2) is 0 Å². The molecule has 0 fully saturated rings. The molecule has 0 saturated heterocycles. The minimum absolute atomic E-state index is 0.00410. The number of nitrogens with one attached hydrogen (secondary N) is 1. The zero-order valence-corrected chi connectivity index (χ0v) is 18.5. The number of carboxylic acids is 1. The van der Waals surface area contributed by atoms with Gasteiger partial charge in [0.05, 0.1) is 0 Å². The van der Waals surface area contributed by atoms with Crippen LogP contribution >= 0.6 is 0 Å². The van der Waals surface area contributed by atoms with Gasteiger partial charge in [0.1, 0.15) is 12.6 Å². The van der Waals surface area contributed by atoms with Crippen LogP contribution in [0, 0.1) is 0 Å². The summed E-state index contributed by atoms with van der Waals surface area (Å²) in [6.07, 6.45) is 0.921. The minimum atomic E-state index is -0.896. The Bertz CT molecular complexity index is 929. The number of ether oxygens (including phenoxy) is 1. The van der Waals surface area contributed by atoms with Gasteiger partial charge < -0.3 is 20.1 Å². The van der Waals surface area contributed by atoms with Crippen LogP contribution in [0.4, 0.5) is 4.79 Å². The second-order valence-corrected chi connectivity index (χ2v) is 8.07. The highest BCUT2D eigenvalue weighted by atomic mass is 16.5. The predicted molar refractivity (Wildman–Crippen MR) is 121 cm³/mol. The summed E-state index contributed by atoms with van der Waals surface area (Å²) in [4.78, 5) is 37.5. The quantitative estimate of drug-likeness (QED) is 0.584. The molecule has 0 radical (unpaired) electrons. The number of carbonyl (C=O) groups excluding carboxylic acids is 2. The summed E-state index contributed by atoms with van der Waals surface area (Å²) < 4.78 is 5.56.